The van der Waals surface area contributed by atoms with Gasteiger partial charge in [0, 0.05) is 44.7 Å². The third-order valence-electron chi connectivity index (χ3n) is 7.10. The van der Waals surface area contributed by atoms with Gasteiger partial charge in [-0.1, -0.05) is 67.6 Å². The molecule has 2 aromatic carbocycles. The molecule has 2 heterocycles. The zero-order valence-corrected chi connectivity index (χ0v) is 18.6. The molecule has 2 aliphatic heterocycles. The first-order valence-electron chi connectivity index (χ1n) is 11.6. The number of ether oxygens (including phenoxy) is 1. The van der Waals surface area contributed by atoms with E-state index in [0.29, 0.717) is 12.5 Å². The molecule has 0 radical (unpaired) electrons. The fraction of sp³-hybridized carbons (Fsp3) is 0.500. The molecule has 5 heteroatoms. The first-order valence-corrected chi connectivity index (χ1v) is 11.6. The van der Waals surface area contributed by atoms with Gasteiger partial charge < -0.3 is 15.0 Å². The molecule has 2 atom stereocenters. The number of carbonyl (C=O) groups is 1. The molecule has 1 amide bonds. The molecule has 4 rings (SSSR count). The molecule has 31 heavy (non-hydrogen) atoms. The number of nitrogens with zero attached hydrogens (tertiary/aromatic N) is 2. The predicted octanol–water partition coefficient (Wildman–Crippen LogP) is 4.11. The Hall–Kier alpha value is -2.37. The van der Waals surface area contributed by atoms with E-state index in [1.165, 1.54) is 18.4 Å². The van der Waals surface area contributed by atoms with Crippen LogP contribution in [0.4, 0.5) is 4.79 Å². The number of piperazine rings is 1. The zero-order valence-electron chi connectivity index (χ0n) is 18.6. The Morgan fingerprint density at radius 3 is 2.35 bits per heavy atom. The molecule has 0 aliphatic carbocycles. The van der Waals surface area contributed by atoms with Crippen molar-refractivity contribution in [2.45, 2.75) is 32.3 Å². The lowest BCUT2D eigenvalue weighted by Gasteiger charge is -2.47. The Morgan fingerprint density at radius 1 is 1.03 bits per heavy atom. The van der Waals surface area contributed by atoms with Gasteiger partial charge in [0.25, 0.3) is 0 Å². The van der Waals surface area contributed by atoms with Crippen LogP contribution in [-0.2, 0) is 11.3 Å². The summed E-state index contributed by atoms with van der Waals surface area (Å²) in [7, 11) is 0. The van der Waals surface area contributed by atoms with E-state index in [1.54, 1.807) is 0 Å². The molecule has 2 aliphatic rings. The maximum Gasteiger partial charge on any atom is 0.410 e. The van der Waals surface area contributed by atoms with Crippen molar-refractivity contribution in [2.24, 2.45) is 5.41 Å². The molecule has 1 N–H and O–H groups in total. The summed E-state index contributed by atoms with van der Waals surface area (Å²) in [5, 5.41) is 3.66. The van der Waals surface area contributed by atoms with Gasteiger partial charge >= 0.3 is 6.09 Å². The molecule has 166 valence electrons. The molecular formula is C26H35N3O2. The Labute approximate surface area is 186 Å². The highest BCUT2D eigenvalue weighted by Crippen LogP contribution is 2.41. The van der Waals surface area contributed by atoms with Crippen molar-refractivity contribution in [1.29, 1.82) is 0 Å². The molecule has 2 aromatic rings. The van der Waals surface area contributed by atoms with E-state index in [2.05, 4.69) is 47.5 Å². The van der Waals surface area contributed by atoms with Gasteiger partial charge in [0.05, 0.1) is 0 Å². The summed E-state index contributed by atoms with van der Waals surface area (Å²) >= 11 is 0. The van der Waals surface area contributed by atoms with E-state index in [9.17, 15) is 4.79 Å². The van der Waals surface area contributed by atoms with Gasteiger partial charge in [0.2, 0.25) is 0 Å². The Morgan fingerprint density at radius 2 is 1.71 bits per heavy atom. The van der Waals surface area contributed by atoms with Crippen LogP contribution in [0, 0.1) is 5.41 Å². The first kappa shape index (κ1) is 21.8. The average Bonchev–Trinajstić information content (AvgIpc) is 2.84. The Bertz CT molecular complexity index is 813. The normalized spacial score (nSPS) is 23.3. The monoisotopic (exact) mass is 421 g/mol. The van der Waals surface area contributed by atoms with Crippen LogP contribution in [0.3, 0.4) is 0 Å². The number of benzene rings is 2. The fourth-order valence-corrected chi connectivity index (χ4v) is 5.07. The SMILES string of the molecule is CC(c1ccccc1)C1(CN2CCN(C(=O)OCc3ccccc3)CC2)CCCNC1. The highest BCUT2D eigenvalue weighted by Gasteiger charge is 2.40. The second-order valence-corrected chi connectivity index (χ2v) is 9.08. The first-order chi connectivity index (χ1) is 15.2. The largest absolute Gasteiger partial charge is 0.445 e. The van der Waals surface area contributed by atoms with Gasteiger partial charge in [-0.25, -0.2) is 4.79 Å². The van der Waals surface area contributed by atoms with Gasteiger partial charge in [0.1, 0.15) is 6.61 Å². The van der Waals surface area contributed by atoms with Crippen LogP contribution in [0.5, 0.6) is 0 Å². The summed E-state index contributed by atoms with van der Waals surface area (Å²) < 4.78 is 5.53. The molecule has 0 bridgehead atoms. The summed E-state index contributed by atoms with van der Waals surface area (Å²) in [5.74, 6) is 0.496. The van der Waals surface area contributed by atoms with Crippen LogP contribution in [0.25, 0.3) is 0 Å². The van der Waals surface area contributed by atoms with Crippen molar-refractivity contribution in [3.05, 3.63) is 71.8 Å². The number of amides is 1. The van der Waals surface area contributed by atoms with E-state index < -0.39 is 0 Å². The number of piperidine rings is 1. The van der Waals surface area contributed by atoms with Gasteiger partial charge in [-0.2, -0.15) is 0 Å². The molecule has 2 unspecified atom stereocenters. The lowest BCUT2D eigenvalue weighted by atomic mass is 9.68. The lowest BCUT2D eigenvalue weighted by molar-refractivity contribution is 0.0433. The highest BCUT2D eigenvalue weighted by molar-refractivity contribution is 5.67. The number of carbonyl (C=O) groups excluding carboxylic acids is 1. The lowest BCUT2D eigenvalue weighted by Crippen LogP contribution is -2.55. The number of nitrogens with one attached hydrogen (secondary N) is 1. The van der Waals surface area contributed by atoms with Crippen molar-refractivity contribution in [3.63, 3.8) is 0 Å². The highest BCUT2D eigenvalue weighted by atomic mass is 16.6. The molecule has 0 aromatic heterocycles. The summed E-state index contributed by atoms with van der Waals surface area (Å²) in [4.78, 5) is 16.9. The third-order valence-corrected chi connectivity index (χ3v) is 7.10. The van der Waals surface area contributed by atoms with E-state index in [1.807, 2.05) is 35.2 Å². The van der Waals surface area contributed by atoms with Crippen LogP contribution in [0.2, 0.25) is 0 Å². The number of hydrogen-bond donors (Lipinski definition) is 1. The molecular weight excluding hydrogens is 386 g/mol. The Kier molecular flexibility index (Phi) is 7.25. The van der Waals surface area contributed by atoms with Gasteiger partial charge in [-0.15, -0.1) is 0 Å². The molecule has 5 nitrogen and oxygen atoms in total. The van der Waals surface area contributed by atoms with E-state index in [0.717, 1.165) is 51.4 Å². The predicted molar refractivity (Wildman–Crippen MR) is 124 cm³/mol. The second kappa shape index (κ2) is 10.3. The van der Waals surface area contributed by atoms with Crippen molar-refractivity contribution in [2.75, 3.05) is 45.8 Å². The minimum Gasteiger partial charge on any atom is -0.445 e. The minimum absolute atomic E-state index is 0.199. The third kappa shape index (κ3) is 5.46. The molecule has 2 saturated heterocycles. The fourth-order valence-electron chi connectivity index (χ4n) is 5.07. The zero-order chi connectivity index (χ0) is 21.5. The molecule has 2 fully saturated rings. The topological polar surface area (TPSA) is 44.8 Å². The standard InChI is InChI=1S/C26H35N3O2/c1-22(24-11-6-3-7-12-24)26(13-8-14-27-20-26)21-28-15-17-29(18-16-28)25(30)31-19-23-9-4-2-5-10-23/h2-7,9-12,22,27H,8,13-21H2,1H3. The van der Waals surface area contributed by atoms with Crippen LogP contribution in [-0.4, -0.2) is 61.7 Å². The van der Waals surface area contributed by atoms with Crippen molar-refractivity contribution in [3.8, 4) is 0 Å². The summed E-state index contributed by atoms with van der Waals surface area (Å²) in [6.45, 7) is 9.25. The van der Waals surface area contributed by atoms with Crippen molar-refractivity contribution >= 4 is 6.09 Å². The van der Waals surface area contributed by atoms with Crippen molar-refractivity contribution < 1.29 is 9.53 Å². The molecule has 0 saturated carbocycles. The number of hydrogen-bond acceptors (Lipinski definition) is 4. The second-order valence-electron chi connectivity index (χ2n) is 9.08. The summed E-state index contributed by atoms with van der Waals surface area (Å²) in [5.41, 5.74) is 2.68. The summed E-state index contributed by atoms with van der Waals surface area (Å²) in [6, 6.07) is 20.8. The van der Waals surface area contributed by atoms with E-state index in [-0.39, 0.29) is 11.5 Å². The average molecular weight is 422 g/mol. The maximum atomic E-state index is 12.5. The van der Waals surface area contributed by atoms with E-state index in [4.69, 9.17) is 4.74 Å². The van der Waals surface area contributed by atoms with Crippen LogP contribution < -0.4 is 5.32 Å². The van der Waals surface area contributed by atoms with Gasteiger partial charge in [-0.05, 0) is 36.4 Å². The number of rotatable bonds is 6. The Balaban J connectivity index is 1.32. The molecule has 0 spiro atoms. The maximum absolute atomic E-state index is 12.5. The van der Waals surface area contributed by atoms with Crippen LogP contribution >= 0.6 is 0 Å². The quantitative estimate of drug-likeness (QED) is 0.762. The minimum atomic E-state index is -0.199. The van der Waals surface area contributed by atoms with Gasteiger partial charge in [0.15, 0.2) is 0 Å². The summed E-state index contributed by atoms with van der Waals surface area (Å²) in [6.07, 6.45) is 2.27. The van der Waals surface area contributed by atoms with Crippen LogP contribution in [0.15, 0.2) is 60.7 Å². The van der Waals surface area contributed by atoms with Crippen molar-refractivity contribution in [1.82, 2.24) is 15.1 Å². The smallest absolute Gasteiger partial charge is 0.410 e. The van der Waals surface area contributed by atoms with Gasteiger partial charge in [-0.3, -0.25) is 4.90 Å². The van der Waals surface area contributed by atoms with E-state index >= 15 is 0 Å². The van der Waals surface area contributed by atoms with Crippen LogP contribution in [0.1, 0.15) is 36.8 Å².